The zero-order valence-electron chi connectivity index (χ0n) is 11.4. The van der Waals surface area contributed by atoms with Crippen LogP contribution in [0.3, 0.4) is 0 Å². The van der Waals surface area contributed by atoms with Crippen molar-refractivity contribution in [2.24, 2.45) is 5.92 Å². The third-order valence-corrected chi connectivity index (χ3v) is 3.43. The Balaban J connectivity index is 2.11. The van der Waals surface area contributed by atoms with Crippen LogP contribution in [0.15, 0.2) is 0 Å². The van der Waals surface area contributed by atoms with E-state index in [0.717, 1.165) is 31.8 Å². The maximum absolute atomic E-state index is 11.9. The lowest BCUT2D eigenvalue weighted by molar-refractivity contribution is -0.408. The molecule has 0 bridgehead atoms. The lowest BCUT2D eigenvalue weighted by Gasteiger charge is -2.38. The number of nitrogens with zero attached hydrogens (tertiary/aromatic N) is 1. The predicted molar refractivity (Wildman–Crippen MR) is 67.4 cm³/mol. The van der Waals surface area contributed by atoms with Crippen LogP contribution in [0.1, 0.15) is 39.5 Å². The molecule has 100 valence electrons. The fourth-order valence-corrected chi connectivity index (χ4v) is 2.09. The van der Waals surface area contributed by atoms with Crippen LogP contribution in [-0.2, 0) is 9.53 Å². The largest absolute Gasteiger partial charge is 0.378 e. The van der Waals surface area contributed by atoms with E-state index in [1.807, 2.05) is 4.90 Å². The van der Waals surface area contributed by atoms with E-state index in [9.17, 15) is 4.79 Å². The molecule has 1 amide bonds. The van der Waals surface area contributed by atoms with Crippen molar-refractivity contribution in [1.82, 2.24) is 4.90 Å². The molecule has 4 nitrogen and oxygen atoms in total. The summed E-state index contributed by atoms with van der Waals surface area (Å²) in [6.07, 6.45) is 4.72. The summed E-state index contributed by atoms with van der Waals surface area (Å²) in [4.78, 5) is 13.8. The Bertz CT molecular complexity index is 238. The fraction of sp³-hybridized carbons (Fsp3) is 0.923. The van der Waals surface area contributed by atoms with Gasteiger partial charge in [-0.25, -0.2) is 0 Å². The van der Waals surface area contributed by atoms with Crippen molar-refractivity contribution in [3.05, 3.63) is 0 Å². The number of quaternary nitrogens is 1. The number of likely N-dealkylation sites (tertiary alicyclic amines) is 1. The molecule has 1 aliphatic rings. The topological polar surface area (TPSA) is 57.2 Å². The van der Waals surface area contributed by atoms with Crippen LogP contribution >= 0.6 is 0 Å². The molecule has 0 spiro atoms. The first-order chi connectivity index (χ1) is 8.04. The Kier molecular flexibility index (Phi) is 5.92. The van der Waals surface area contributed by atoms with Gasteiger partial charge < -0.3 is 15.4 Å². The monoisotopic (exact) mass is 243 g/mol. The Morgan fingerprint density at radius 2 is 1.94 bits per heavy atom. The second-order valence-corrected chi connectivity index (χ2v) is 5.48. The first kappa shape index (κ1) is 14.5. The van der Waals surface area contributed by atoms with Gasteiger partial charge in [-0.3, -0.25) is 4.79 Å². The highest BCUT2D eigenvalue weighted by Gasteiger charge is 2.34. The van der Waals surface area contributed by atoms with Crippen molar-refractivity contribution >= 4 is 5.91 Å². The van der Waals surface area contributed by atoms with Crippen LogP contribution in [0.5, 0.6) is 0 Å². The summed E-state index contributed by atoms with van der Waals surface area (Å²) >= 11 is 0. The Hall–Kier alpha value is -0.610. The highest BCUT2D eigenvalue weighted by atomic mass is 16.5. The molecule has 4 heteroatoms. The van der Waals surface area contributed by atoms with Gasteiger partial charge in [0, 0.05) is 26.6 Å². The van der Waals surface area contributed by atoms with E-state index in [1.165, 1.54) is 12.8 Å². The zero-order chi connectivity index (χ0) is 12.8. The molecular weight excluding hydrogens is 216 g/mol. The molecule has 0 aliphatic carbocycles. The number of unbranched alkanes of at least 4 members (excludes halogenated alkanes) is 1. The van der Waals surface area contributed by atoms with E-state index in [-0.39, 0.29) is 18.1 Å². The average Bonchev–Trinajstić information content (AvgIpc) is 2.22. The third kappa shape index (κ3) is 4.64. The van der Waals surface area contributed by atoms with Crippen molar-refractivity contribution < 1.29 is 15.3 Å². The number of amides is 1. The number of methoxy groups -OCH3 is 1. The molecule has 0 radical (unpaired) electrons. The quantitative estimate of drug-likeness (QED) is 0.668. The minimum Gasteiger partial charge on any atom is -0.378 e. The standard InChI is InChI=1S/C13H26N2O2/c1-10(2)6-4-5-7-12(14)13(16)15-8-11(9-15)17-3/h10-12H,4-9,14H2,1-3H3/p+1. The molecule has 0 saturated carbocycles. The minimum absolute atomic E-state index is 0.0695. The second kappa shape index (κ2) is 6.97. The third-order valence-electron chi connectivity index (χ3n) is 3.43. The van der Waals surface area contributed by atoms with Crippen molar-refractivity contribution in [1.29, 1.82) is 0 Å². The summed E-state index contributed by atoms with van der Waals surface area (Å²) in [7, 11) is 1.69. The van der Waals surface area contributed by atoms with E-state index in [4.69, 9.17) is 4.74 Å². The van der Waals surface area contributed by atoms with Gasteiger partial charge in [0.15, 0.2) is 6.04 Å². The molecule has 0 aromatic carbocycles. The van der Waals surface area contributed by atoms with Gasteiger partial charge >= 0.3 is 0 Å². The van der Waals surface area contributed by atoms with Crippen LogP contribution in [0, 0.1) is 5.92 Å². The number of rotatable bonds is 7. The summed E-state index contributed by atoms with van der Waals surface area (Å²) in [5, 5.41) is 0. The van der Waals surface area contributed by atoms with Gasteiger partial charge in [-0.15, -0.1) is 0 Å². The molecule has 1 unspecified atom stereocenters. The van der Waals surface area contributed by atoms with E-state index < -0.39 is 0 Å². The van der Waals surface area contributed by atoms with E-state index >= 15 is 0 Å². The van der Waals surface area contributed by atoms with Crippen LogP contribution in [0.25, 0.3) is 0 Å². The number of carbonyl (C=O) groups excluding carboxylic acids is 1. The Morgan fingerprint density at radius 1 is 1.35 bits per heavy atom. The van der Waals surface area contributed by atoms with Gasteiger partial charge in [-0.05, 0) is 12.3 Å². The minimum atomic E-state index is -0.0695. The molecule has 1 aliphatic heterocycles. The summed E-state index contributed by atoms with van der Waals surface area (Å²) in [5.41, 5.74) is 3.98. The van der Waals surface area contributed by atoms with E-state index in [0.29, 0.717) is 0 Å². The molecule has 0 aromatic rings. The van der Waals surface area contributed by atoms with Crippen LogP contribution in [-0.4, -0.2) is 43.2 Å². The highest BCUT2D eigenvalue weighted by molar-refractivity contribution is 5.81. The van der Waals surface area contributed by atoms with E-state index in [2.05, 4.69) is 19.6 Å². The summed E-state index contributed by atoms with van der Waals surface area (Å²) in [5.74, 6) is 0.953. The molecule has 1 atom stereocenters. The Labute approximate surface area is 104 Å². The molecule has 1 saturated heterocycles. The normalized spacial score (nSPS) is 18.3. The van der Waals surface area contributed by atoms with Crippen LogP contribution in [0.2, 0.25) is 0 Å². The first-order valence-electron chi connectivity index (χ1n) is 6.69. The molecule has 1 fully saturated rings. The summed E-state index contributed by atoms with van der Waals surface area (Å²) < 4.78 is 5.16. The maximum atomic E-state index is 11.9. The predicted octanol–water partition coefficient (Wildman–Crippen LogP) is 0.671. The fourth-order valence-electron chi connectivity index (χ4n) is 2.09. The summed E-state index contributed by atoms with van der Waals surface area (Å²) in [6, 6.07) is -0.0695. The molecule has 17 heavy (non-hydrogen) atoms. The van der Waals surface area contributed by atoms with E-state index in [1.54, 1.807) is 7.11 Å². The zero-order valence-corrected chi connectivity index (χ0v) is 11.4. The first-order valence-corrected chi connectivity index (χ1v) is 6.69. The number of hydrogen-bond acceptors (Lipinski definition) is 2. The summed E-state index contributed by atoms with van der Waals surface area (Å²) in [6.45, 7) is 5.95. The van der Waals surface area contributed by atoms with Crippen LogP contribution < -0.4 is 5.73 Å². The smallest absolute Gasteiger partial charge is 0.280 e. The van der Waals surface area contributed by atoms with Gasteiger partial charge in [0.25, 0.3) is 5.91 Å². The van der Waals surface area contributed by atoms with Crippen molar-refractivity contribution in [3.63, 3.8) is 0 Å². The van der Waals surface area contributed by atoms with Crippen LogP contribution in [0.4, 0.5) is 0 Å². The van der Waals surface area contributed by atoms with Crippen molar-refractivity contribution in [2.45, 2.75) is 51.7 Å². The SMILES string of the molecule is COC1CN(C(=O)C([NH3+])CCCCC(C)C)C1. The molecule has 0 aromatic heterocycles. The van der Waals surface area contributed by atoms with Crippen molar-refractivity contribution in [3.8, 4) is 0 Å². The van der Waals surface area contributed by atoms with Crippen molar-refractivity contribution in [2.75, 3.05) is 20.2 Å². The van der Waals surface area contributed by atoms with Gasteiger partial charge in [-0.1, -0.05) is 26.7 Å². The molecule has 1 rings (SSSR count). The highest BCUT2D eigenvalue weighted by Crippen LogP contribution is 2.14. The lowest BCUT2D eigenvalue weighted by Crippen LogP contribution is -2.70. The second-order valence-electron chi connectivity index (χ2n) is 5.48. The average molecular weight is 243 g/mol. The molecule has 1 heterocycles. The van der Waals surface area contributed by atoms with Gasteiger partial charge in [0.05, 0.1) is 6.10 Å². The maximum Gasteiger partial charge on any atom is 0.280 e. The Morgan fingerprint density at radius 3 is 2.47 bits per heavy atom. The molecular formula is C13H27N2O2+. The van der Waals surface area contributed by atoms with Gasteiger partial charge in [0.1, 0.15) is 0 Å². The van der Waals surface area contributed by atoms with Gasteiger partial charge in [0.2, 0.25) is 0 Å². The lowest BCUT2D eigenvalue weighted by atomic mass is 10.0. The number of carbonyl (C=O) groups is 1. The molecule has 3 N–H and O–H groups in total. The number of ether oxygens (including phenoxy) is 1. The van der Waals surface area contributed by atoms with Gasteiger partial charge in [-0.2, -0.15) is 0 Å². The number of hydrogen-bond donors (Lipinski definition) is 1.